The minimum Gasteiger partial charge on any atom is -0.464 e. The summed E-state index contributed by atoms with van der Waals surface area (Å²) in [5.41, 5.74) is 2.22. The summed E-state index contributed by atoms with van der Waals surface area (Å²) < 4.78 is 12.1. The number of epoxide rings is 1. The van der Waals surface area contributed by atoms with Gasteiger partial charge in [0.25, 0.3) is 0 Å². The lowest BCUT2D eigenvalue weighted by Crippen LogP contribution is -2.08. The molecule has 0 amide bonds. The largest absolute Gasteiger partial charge is 0.464 e. The Morgan fingerprint density at radius 3 is 2.62 bits per heavy atom. The molecule has 2 atom stereocenters. The minimum absolute atomic E-state index is 0.0211. The van der Waals surface area contributed by atoms with Gasteiger partial charge >= 0.3 is 0 Å². The van der Waals surface area contributed by atoms with Crippen LogP contribution in [0.25, 0.3) is 11.0 Å². The van der Waals surface area contributed by atoms with Gasteiger partial charge in [-0.15, -0.1) is 0 Å². The quantitative estimate of drug-likeness (QED) is 0.649. The van der Waals surface area contributed by atoms with E-state index < -0.39 is 0 Å². The summed E-state index contributed by atoms with van der Waals surface area (Å²) >= 11 is 3.37. The Hall–Kier alpha value is -1.91. The smallest absolute Gasteiger partial charge is 0.198 e. The Morgan fingerprint density at radius 2 is 1.81 bits per heavy atom. The lowest BCUT2D eigenvalue weighted by atomic mass is 10.0. The van der Waals surface area contributed by atoms with Crippen molar-refractivity contribution < 1.29 is 9.15 Å². The molecule has 0 aliphatic carbocycles. The number of ether oxygens (including phenoxy) is 1. The van der Waals surface area contributed by atoms with E-state index in [2.05, 4.69) is 15.9 Å². The van der Waals surface area contributed by atoms with Crippen LogP contribution >= 0.6 is 15.9 Å². The summed E-state index contributed by atoms with van der Waals surface area (Å²) in [5.74, 6) is 0. The highest BCUT2D eigenvalue weighted by Gasteiger charge is 2.43. The topological polar surface area (TPSA) is 42.7 Å². The molecule has 4 rings (SSSR count). The van der Waals surface area contributed by atoms with Gasteiger partial charge in [-0.3, -0.25) is 4.79 Å². The lowest BCUT2D eigenvalue weighted by Gasteiger charge is -2.00. The molecule has 0 saturated carbocycles. The molecular weight excluding hydrogens is 332 g/mol. The number of rotatable bonds is 2. The van der Waals surface area contributed by atoms with Crippen molar-refractivity contribution >= 4 is 26.9 Å². The van der Waals surface area contributed by atoms with Crippen molar-refractivity contribution in [3.8, 4) is 0 Å². The maximum Gasteiger partial charge on any atom is 0.198 e. The highest BCUT2D eigenvalue weighted by Crippen LogP contribution is 2.50. The second kappa shape index (κ2) is 4.83. The lowest BCUT2D eigenvalue weighted by molar-refractivity contribution is 0.374. The highest BCUT2D eigenvalue weighted by molar-refractivity contribution is 9.10. The number of benzene rings is 2. The van der Waals surface area contributed by atoms with Gasteiger partial charge in [0.05, 0.1) is 10.9 Å². The molecule has 104 valence electrons. The van der Waals surface area contributed by atoms with Crippen LogP contribution in [0.3, 0.4) is 0 Å². The number of hydrogen-bond acceptors (Lipinski definition) is 3. The third-order valence-corrected chi connectivity index (χ3v) is 4.18. The molecule has 1 aliphatic heterocycles. The van der Waals surface area contributed by atoms with Gasteiger partial charge in [-0.25, -0.2) is 0 Å². The van der Waals surface area contributed by atoms with Gasteiger partial charge in [0.1, 0.15) is 24.1 Å². The van der Waals surface area contributed by atoms with Crippen LogP contribution in [0.15, 0.2) is 68.5 Å². The normalized spacial score (nSPS) is 20.6. The molecule has 0 N–H and O–H groups in total. The number of hydrogen-bond donors (Lipinski definition) is 0. The van der Waals surface area contributed by atoms with Crippen molar-refractivity contribution in [2.45, 2.75) is 12.2 Å². The van der Waals surface area contributed by atoms with E-state index in [1.165, 1.54) is 6.26 Å². The van der Waals surface area contributed by atoms with Crippen LogP contribution in [0.1, 0.15) is 23.3 Å². The molecule has 4 heteroatoms. The molecule has 21 heavy (non-hydrogen) atoms. The van der Waals surface area contributed by atoms with Gasteiger partial charge in [-0.1, -0.05) is 46.3 Å². The van der Waals surface area contributed by atoms with Gasteiger partial charge in [0.2, 0.25) is 0 Å². The van der Waals surface area contributed by atoms with E-state index in [1.807, 2.05) is 36.4 Å². The first-order chi connectivity index (χ1) is 10.2. The van der Waals surface area contributed by atoms with Crippen LogP contribution in [-0.4, -0.2) is 0 Å². The Labute approximate surface area is 129 Å². The van der Waals surface area contributed by atoms with E-state index >= 15 is 0 Å². The summed E-state index contributed by atoms with van der Waals surface area (Å²) in [4.78, 5) is 12.5. The molecule has 1 saturated heterocycles. The molecule has 0 radical (unpaired) electrons. The summed E-state index contributed by atoms with van der Waals surface area (Å²) in [6.45, 7) is 0. The van der Waals surface area contributed by atoms with Crippen LogP contribution in [0, 0.1) is 0 Å². The van der Waals surface area contributed by atoms with Gasteiger partial charge < -0.3 is 9.15 Å². The third-order valence-electron chi connectivity index (χ3n) is 3.69. The van der Waals surface area contributed by atoms with Crippen molar-refractivity contribution in [3.05, 3.63) is 80.6 Å². The Kier molecular flexibility index (Phi) is 2.94. The van der Waals surface area contributed by atoms with E-state index in [4.69, 9.17) is 9.15 Å². The monoisotopic (exact) mass is 342 g/mol. The summed E-state index contributed by atoms with van der Waals surface area (Å²) in [5, 5.41) is 0.581. The van der Waals surface area contributed by atoms with Gasteiger partial charge in [-0.05, 0) is 23.8 Å². The molecular formula is C17H11BrO3. The zero-order chi connectivity index (χ0) is 14.4. The second-order valence-electron chi connectivity index (χ2n) is 5.05. The fraction of sp³-hybridized carbons (Fsp3) is 0.118. The van der Waals surface area contributed by atoms with E-state index in [1.54, 1.807) is 12.1 Å². The Morgan fingerprint density at radius 1 is 1.00 bits per heavy atom. The molecule has 1 aliphatic rings. The standard InChI is InChI=1S/C17H11BrO3/c18-11-6-7-12-14(8-11)20-9-13(15(12)19)17-16(21-17)10-4-2-1-3-5-10/h1-9,16-17H/t16-,17?/m1/s1. The average Bonchev–Trinajstić information content (AvgIpc) is 3.29. The summed E-state index contributed by atoms with van der Waals surface area (Å²) in [6, 6.07) is 15.3. The van der Waals surface area contributed by atoms with Crippen molar-refractivity contribution in [3.63, 3.8) is 0 Å². The van der Waals surface area contributed by atoms with Crippen LogP contribution < -0.4 is 5.43 Å². The first-order valence-electron chi connectivity index (χ1n) is 6.65. The summed E-state index contributed by atoms with van der Waals surface area (Å²) in [6.07, 6.45) is 1.25. The van der Waals surface area contributed by atoms with Gasteiger partial charge in [0, 0.05) is 4.47 Å². The van der Waals surface area contributed by atoms with Crippen LogP contribution in [0.5, 0.6) is 0 Å². The van der Waals surface area contributed by atoms with E-state index in [0.29, 0.717) is 16.5 Å². The third kappa shape index (κ3) is 2.20. The van der Waals surface area contributed by atoms with Crippen LogP contribution in [0.4, 0.5) is 0 Å². The average molecular weight is 343 g/mol. The Bertz CT molecular complexity index is 870. The minimum atomic E-state index is -0.211. The van der Waals surface area contributed by atoms with Crippen molar-refractivity contribution in [1.29, 1.82) is 0 Å². The van der Waals surface area contributed by atoms with E-state index in [0.717, 1.165) is 10.0 Å². The molecule has 1 aromatic heterocycles. The molecule has 0 bridgehead atoms. The maximum absolute atomic E-state index is 12.5. The SMILES string of the molecule is O=c1c(C2O[C@@H]2c2ccccc2)coc2cc(Br)ccc12. The molecule has 3 aromatic rings. The van der Waals surface area contributed by atoms with Gasteiger partial charge in [-0.2, -0.15) is 0 Å². The second-order valence-corrected chi connectivity index (χ2v) is 5.96. The number of halogens is 1. The highest BCUT2D eigenvalue weighted by atomic mass is 79.9. The zero-order valence-corrected chi connectivity index (χ0v) is 12.5. The molecule has 2 aromatic carbocycles. The molecule has 1 unspecified atom stereocenters. The van der Waals surface area contributed by atoms with Crippen molar-refractivity contribution in [2.75, 3.05) is 0 Å². The number of fused-ring (bicyclic) bond motifs is 1. The predicted octanol–water partition coefficient (Wildman–Crippen LogP) is 4.37. The maximum atomic E-state index is 12.5. The molecule has 2 heterocycles. The fourth-order valence-corrected chi connectivity index (χ4v) is 2.90. The van der Waals surface area contributed by atoms with Crippen LogP contribution in [0.2, 0.25) is 0 Å². The van der Waals surface area contributed by atoms with Crippen LogP contribution in [-0.2, 0) is 4.74 Å². The summed E-state index contributed by atoms with van der Waals surface area (Å²) in [7, 11) is 0. The van der Waals surface area contributed by atoms with E-state index in [-0.39, 0.29) is 17.6 Å². The molecule has 0 spiro atoms. The first kappa shape index (κ1) is 12.8. The van der Waals surface area contributed by atoms with E-state index in [9.17, 15) is 4.79 Å². The Balaban J connectivity index is 1.74. The fourth-order valence-electron chi connectivity index (χ4n) is 2.56. The van der Waals surface area contributed by atoms with Gasteiger partial charge in [0.15, 0.2) is 5.43 Å². The van der Waals surface area contributed by atoms with Crippen molar-refractivity contribution in [1.82, 2.24) is 0 Å². The zero-order valence-electron chi connectivity index (χ0n) is 11.0. The molecule has 3 nitrogen and oxygen atoms in total. The van der Waals surface area contributed by atoms with Crippen molar-refractivity contribution in [2.24, 2.45) is 0 Å². The predicted molar refractivity (Wildman–Crippen MR) is 83.2 cm³/mol. The first-order valence-corrected chi connectivity index (χ1v) is 7.45. The molecule has 1 fully saturated rings.